The fourth-order valence-corrected chi connectivity index (χ4v) is 4.43. The molecule has 3 fully saturated rings. The zero-order chi connectivity index (χ0) is 18.5. The van der Waals surface area contributed by atoms with Gasteiger partial charge in [0.15, 0.2) is 0 Å². The summed E-state index contributed by atoms with van der Waals surface area (Å²) in [6.07, 6.45) is 3.12. The summed E-state index contributed by atoms with van der Waals surface area (Å²) < 4.78 is 29.3. The first-order valence-corrected chi connectivity index (χ1v) is 8.96. The van der Waals surface area contributed by atoms with Crippen molar-refractivity contribution in [3.05, 3.63) is 29.3 Å². The molecule has 2 amide bonds. The maximum Gasteiger partial charge on any atom is 0.234 e. The largest absolute Gasteiger partial charge is 0.371 e. The topological polar surface area (TPSA) is 66.5 Å². The smallest absolute Gasteiger partial charge is 0.234 e. The number of hydrogen-bond acceptors (Lipinski definition) is 4. The SMILES string of the molecule is O=C1CC2(CCN(c3cc(F)c([C@H]4CCC(=O)NC4=O)c(F)c3)CC2)C1. The van der Waals surface area contributed by atoms with Crippen LogP contribution in [0.25, 0.3) is 0 Å². The van der Waals surface area contributed by atoms with Gasteiger partial charge < -0.3 is 4.90 Å². The van der Waals surface area contributed by atoms with Gasteiger partial charge in [-0.15, -0.1) is 0 Å². The van der Waals surface area contributed by atoms with E-state index in [2.05, 4.69) is 5.32 Å². The van der Waals surface area contributed by atoms with E-state index in [0.29, 0.717) is 37.4 Å². The van der Waals surface area contributed by atoms with Crippen LogP contribution in [0.1, 0.15) is 50.0 Å². The number of halogens is 2. The van der Waals surface area contributed by atoms with Crippen LogP contribution in [0.2, 0.25) is 0 Å². The Bertz CT molecular complexity index is 767. The van der Waals surface area contributed by atoms with Gasteiger partial charge in [0, 0.05) is 43.6 Å². The molecule has 2 aliphatic heterocycles. The number of carbonyl (C=O) groups excluding carboxylic acids is 3. The third-order valence-electron chi connectivity index (χ3n) is 5.99. The number of amides is 2. The summed E-state index contributed by atoms with van der Waals surface area (Å²) in [5.41, 5.74) is 0.283. The summed E-state index contributed by atoms with van der Waals surface area (Å²) in [5.74, 6) is -3.26. The van der Waals surface area contributed by atoms with Crippen molar-refractivity contribution >= 4 is 23.3 Å². The van der Waals surface area contributed by atoms with E-state index in [9.17, 15) is 23.2 Å². The lowest BCUT2D eigenvalue weighted by Gasteiger charge is -2.47. The van der Waals surface area contributed by atoms with E-state index in [1.165, 1.54) is 12.1 Å². The molecule has 0 unspecified atom stereocenters. The first kappa shape index (κ1) is 17.1. The van der Waals surface area contributed by atoms with Crippen LogP contribution in [-0.2, 0) is 14.4 Å². The molecule has 1 N–H and O–H groups in total. The number of benzene rings is 1. The zero-order valence-corrected chi connectivity index (χ0v) is 14.3. The molecular weight excluding hydrogens is 342 g/mol. The van der Waals surface area contributed by atoms with Gasteiger partial charge >= 0.3 is 0 Å². The molecule has 7 heteroatoms. The molecule has 0 bridgehead atoms. The standard InChI is InChI=1S/C19H20F2N2O3/c20-14-7-11(23-5-3-19(4-6-23)9-12(24)10-19)8-15(21)17(14)13-1-2-16(25)22-18(13)26/h7-8,13H,1-6,9-10H2,(H,22,25,26)/t13-/m1/s1. The van der Waals surface area contributed by atoms with Gasteiger partial charge in [0.05, 0.1) is 5.92 Å². The van der Waals surface area contributed by atoms with Gasteiger partial charge in [-0.05, 0) is 36.8 Å². The van der Waals surface area contributed by atoms with E-state index in [1.54, 1.807) is 0 Å². The minimum absolute atomic E-state index is 0.0734. The van der Waals surface area contributed by atoms with E-state index in [1.807, 2.05) is 4.90 Å². The molecule has 1 saturated carbocycles. The average molecular weight is 362 g/mol. The molecule has 1 spiro atoms. The van der Waals surface area contributed by atoms with Crippen LogP contribution in [0.15, 0.2) is 12.1 Å². The first-order valence-electron chi connectivity index (χ1n) is 8.96. The van der Waals surface area contributed by atoms with Gasteiger partial charge in [-0.3, -0.25) is 19.7 Å². The molecule has 2 heterocycles. The number of imide groups is 1. The van der Waals surface area contributed by atoms with E-state index < -0.39 is 29.4 Å². The van der Waals surface area contributed by atoms with E-state index >= 15 is 0 Å². The lowest BCUT2D eigenvalue weighted by molar-refractivity contribution is -0.135. The number of nitrogens with zero attached hydrogens (tertiary/aromatic N) is 1. The van der Waals surface area contributed by atoms with Crippen LogP contribution in [0.5, 0.6) is 0 Å². The second-order valence-corrected chi connectivity index (χ2v) is 7.71. The number of nitrogens with one attached hydrogen (secondary N) is 1. The molecule has 26 heavy (non-hydrogen) atoms. The summed E-state index contributed by atoms with van der Waals surface area (Å²) in [6, 6.07) is 2.54. The highest BCUT2D eigenvalue weighted by Crippen LogP contribution is 2.47. The van der Waals surface area contributed by atoms with Gasteiger partial charge in [-0.2, -0.15) is 0 Å². The first-order chi connectivity index (χ1) is 12.4. The number of Topliss-reactive ketones (excluding diaryl/α,β-unsaturated/α-hetero) is 1. The Labute approximate surface area is 149 Å². The minimum Gasteiger partial charge on any atom is -0.371 e. The van der Waals surface area contributed by atoms with Gasteiger partial charge in [-0.25, -0.2) is 8.78 Å². The maximum atomic E-state index is 14.6. The molecule has 3 aliphatic rings. The van der Waals surface area contributed by atoms with Crippen LogP contribution in [0, 0.1) is 17.0 Å². The highest BCUT2D eigenvalue weighted by molar-refractivity contribution is 6.01. The lowest BCUT2D eigenvalue weighted by Crippen LogP contribution is -2.47. The molecule has 138 valence electrons. The summed E-state index contributed by atoms with van der Waals surface area (Å²) in [5, 5.41) is 2.14. The quantitative estimate of drug-likeness (QED) is 0.821. The summed E-state index contributed by atoms with van der Waals surface area (Å²) in [7, 11) is 0. The molecule has 5 nitrogen and oxygen atoms in total. The fraction of sp³-hybridized carbons (Fsp3) is 0.526. The Morgan fingerprint density at radius 3 is 2.19 bits per heavy atom. The molecule has 1 aliphatic carbocycles. The minimum atomic E-state index is -0.979. The summed E-state index contributed by atoms with van der Waals surface area (Å²) in [6.45, 7) is 1.31. The molecule has 0 radical (unpaired) electrons. The van der Waals surface area contributed by atoms with Crippen molar-refractivity contribution in [3.8, 4) is 0 Å². The number of carbonyl (C=O) groups is 3. The predicted molar refractivity (Wildman–Crippen MR) is 89.6 cm³/mol. The molecule has 1 atom stereocenters. The molecular formula is C19H20F2N2O3. The predicted octanol–water partition coefficient (Wildman–Crippen LogP) is 2.43. The number of anilines is 1. The van der Waals surface area contributed by atoms with Crippen molar-refractivity contribution in [1.82, 2.24) is 5.32 Å². The Hall–Kier alpha value is -2.31. The zero-order valence-electron chi connectivity index (χ0n) is 14.3. The highest BCUT2D eigenvalue weighted by atomic mass is 19.1. The molecule has 0 aromatic heterocycles. The molecule has 1 aromatic carbocycles. The molecule has 1 aromatic rings. The van der Waals surface area contributed by atoms with Crippen molar-refractivity contribution in [2.75, 3.05) is 18.0 Å². The Morgan fingerprint density at radius 2 is 1.65 bits per heavy atom. The van der Waals surface area contributed by atoms with E-state index in [4.69, 9.17) is 0 Å². The van der Waals surface area contributed by atoms with Crippen LogP contribution >= 0.6 is 0 Å². The van der Waals surface area contributed by atoms with Gasteiger partial charge in [0.1, 0.15) is 17.4 Å². The van der Waals surface area contributed by atoms with E-state index in [-0.39, 0.29) is 23.8 Å². The van der Waals surface area contributed by atoms with Crippen LogP contribution < -0.4 is 10.2 Å². The fourth-order valence-electron chi connectivity index (χ4n) is 4.43. The van der Waals surface area contributed by atoms with Crippen LogP contribution in [0.4, 0.5) is 14.5 Å². The highest BCUT2D eigenvalue weighted by Gasteiger charge is 2.45. The third kappa shape index (κ3) is 2.89. The average Bonchev–Trinajstić information content (AvgIpc) is 2.55. The Balaban J connectivity index is 1.52. The number of hydrogen-bond donors (Lipinski definition) is 1. The number of piperidine rings is 2. The Morgan fingerprint density at radius 1 is 1.04 bits per heavy atom. The van der Waals surface area contributed by atoms with Crippen molar-refractivity contribution in [3.63, 3.8) is 0 Å². The normalized spacial score (nSPS) is 25.2. The van der Waals surface area contributed by atoms with Crippen molar-refractivity contribution in [2.24, 2.45) is 5.41 Å². The van der Waals surface area contributed by atoms with Crippen molar-refractivity contribution in [1.29, 1.82) is 0 Å². The van der Waals surface area contributed by atoms with Crippen molar-refractivity contribution < 1.29 is 23.2 Å². The summed E-state index contributed by atoms with van der Waals surface area (Å²) in [4.78, 5) is 36.4. The van der Waals surface area contributed by atoms with Crippen LogP contribution in [0.3, 0.4) is 0 Å². The second kappa shape index (κ2) is 6.14. The summed E-state index contributed by atoms with van der Waals surface area (Å²) >= 11 is 0. The second-order valence-electron chi connectivity index (χ2n) is 7.71. The monoisotopic (exact) mass is 362 g/mol. The van der Waals surface area contributed by atoms with E-state index in [0.717, 1.165) is 12.8 Å². The lowest BCUT2D eigenvalue weighted by atomic mass is 9.62. The number of rotatable bonds is 2. The Kier molecular flexibility index (Phi) is 4.04. The molecule has 2 saturated heterocycles. The van der Waals surface area contributed by atoms with Crippen LogP contribution in [-0.4, -0.2) is 30.7 Å². The third-order valence-corrected chi connectivity index (χ3v) is 5.99. The van der Waals surface area contributed by atoms with Gasteiger partial charge in [0.2, 0.25) is 11.8 Å². The van der Waals surface area contributed by atoms with Gasteiger partial charge in [-0.1, -0.05) is 0 Å². The number of ketones is 1. The molecule has 4 rings (SSSR count). The van der Waals surface area contributed by atoms with Crippen molar-refractivity contribution in [2.45, 2.75) is 44.4 Å². The maximum absolute atomic E-state index is 14.6. The van der Waals surface area contributed by atoms with Gasteiger partial charge in [0.25, 0.3) is 0 Å².